The zero-order chi connectivity index (χ0) is 22.1. The first kappa shape index (κ1) is 24.6. The Morgan fingerprint density at radius 3 is 2.13 bits per heavy atom. The number of hydrogen-bond acceptors (Lipinski definition) is 6. The van der Waals surface area contributed by atoms with Gasteiger partial charge < -0.3 is 19.5 Å². The summed E-state index contributed by atoms with van der Waals surface area (Å²) in [6.45, 7) is 6.14. The van der Waals surface area contributed by atoms with Gasteiger partial charge in [-0.3, -0.25) is 9.36 Å². The highest BCUT2D eigenvalue weighted by Crippen LogP contribution is 2.51. The minimum absolute atomic E-state index is 0.123. The molecule has 0 bridgehead atoms. The number of carbonyl (C=O) groups excluding carboxylic acids is 1. The predicted octanol–water partition coefficient (Wildman–Crippen LogP) is 5.21. The van der Waals surface area contributed by atoms with E-state index in [1.807, 2.05) is 30.3 Å². The third-order valence-corrected chi connectivity index (χ3v) is 6.61. The zero-order valence-corrected chi connectivity index (χ0v) is 19.2. The van der Waals surface area contributed by atoms with Crippen molar-refractivity contribution < 1.29 is 23.1 Å². The van der Waals surface area contributed by atoms with Crippen molar-refractivity contribution in [2.45, 2.75) is 39.4 Å². The van der Waals surface area contributed by atoms with E-state index in [1.54, 1.807) is 32.9 Å². The fourth-order valence-corrected chi connectivity index (χ4v) is 4.91. The molecule has 2 rings (SSSR count). The average molecular weight is 454 g/mol. The Balaban J connectivity index is 2.42. The van der Waals surface area contributed by atoms with Gasteiger partial charge in [-0.05, 0) is 61.6 Å². The number of halogens is 1. The lowest BCUT2D eigenvalue weighted by atomic mass is 9.97. The fourth-order valence-electron chi connectivity index (χ4n) is 3.11. The maximum absolute atomic E-state index is 13.0. The first-order valence-corrected chi connectivity index (χ1v) is 12.1. The van der Waals surface area contributed by atoms with E-state index < -0.39 is 19.6 Å². The smallest absolute Gasteiger partial charge is 0.335 e. The molecule has 0 aliphatic carbocycles. The van der Waals surface area contributed by atoms with E-state index in [2.05, 4.69) is 0 Å². The molecule has 2 aromatic carbocycles. The summed E-state index contributed by atoms with van der Waals surface area (Å²) in [5.74, 6) is -0.453. The highest BCUT2D eigenvalue weighted by molar-refractivity contribution is 7.53. The monoisotopic (exact) mass is 453 g/mol. The van der Waals surface area contributed by atoms with Crippen LogP contribution in [-0.4, -0.2) is 31.8 Å². The highest BCUT2D eigenvalue weighted by atomic mass is 35.5. The Kier molecular flexibility index (Phi) is 9.53. The largest absolute Gasteiger partial charge is 0.465 e. The Labute approximate surface area is 183 Å². The summed E-state index contributed by atoms with van der Waals surface area (Å²) < 4.78 is 28.9. The van der Waals surface area contributed by atoms with Crippen LogP contribution in [0.3, 0.4) is 0 Å². The van der Waals surface area contributed by atoms with E-state index in [0.29, 0.717) is 11.4 Å². The average Bonchev–Trinajstić information content (AvgIpc) is 2.68. The lowest BCUT2D eigenvalue weighted by Crippen LogP contribution is -2.34. The molecule has 1 unspecified atom stereocenters. The van der Waals surface area contributed by atoms with Crippen LogP contribution in [0, 0.1) is 0 Å². The van der Waals surface area contributed by atoms with Gasteiger partial charge in [-0.25, -0.2) is 0 Å². The third-order valence-electron chi connectivity index (χ3n) is 4.30. The molecule has 164 valence electrons. The van der Waals surface area contributed by atoms with Gasteiger partial charge in [-0.15, -0.1) is 0 Å². The standard InChI is InChI=1S/C22H29ClNO5P/c1-4-27-22(25)21(24)14-16-11-17(15-30(26,28-5-2)29-6-3)13-19(12-16)18-7-9-20(23)10-8-18/h7-13,21H,4-6,14-15,24H2,1-3H3. The van der Waals surface area contributed by atoms with Crippen molar-refractivity contribution in [3.8, 4) is 11.1 Å². The number of hydrogen-bond donors (Lipinski definition) is 1. The van der Waals surface area contributed by atoms with E-state index in [4.69, 9.17) is 31.1 Å². The molecule has 0 heterocycles. The number of ether oxygens (including phenoxy) is 1. The summed E-state index contributed by atoms with van der Waals surface area (Å²) in [4.78, 5) is 12.0. The second-order valence-corrected chi connectivity index (χ2v) is 9.20. The van der Waals surface area contributed by atoms with Crippen molar-refractivity contribution >= 4 is 25.2 Å². The number of benzene rings is 2. The van der Waals surface area contributed by atoms with Crippen LogP contribution >= 0.6 is 19.2 Å². The molecule has 6 nitrogen and oxygen atoms in total. The quantitative estimate of drug-likeness (QED) is 0.371. The minimum atomic E-state index is -3.29. The minimum Gasteiger partial charge on any atom is -0.465 e. The van der Waals surface area contributed by atoms with Crippen LogP contribution in [0.1, 0.15) is 31.9 Å². The summed E-state index contributed by atoms with van der Waals surface area (Å²) in [6, 6.07) is 12.4. The Bertz CT molecular complexity index is 878. The molecule has 8 heteroatoms. The van der Waals surface area contributed by atoms with Crippen LogP contribution in [0.2, 0.25) is 5.02 Å². The van der Waals surface area contributed by atoms with Crippen molar-refractivity contribution in [3.05, 3.63) is 58.6 Å². The number of esters is 1. The topological polar surface area (TPSA) is 87.9 Å². The Morgan fingerprint density at radius 1 is 0.967 bits per heavy atom. The van der Waals surface area contributed by atoms with E-state index in [0.717, 1.165) is 22.3 Å². The third kappa shape index (κ3) is 7.22. The summed E-state index contributed by atoms with van der Waals surface area (Å²) in [5, 5.41) is 0.636. The van der Waals surface area contributed by atoms with Gasteiger partial charge in [0.2, 0.25) is 0 Å². The molecule has 2 N–H and O–H groups in total. The second kappa shape index (κ2) is 11.6. The summed E-state index contributed by atoms with van der Waals surface area (Å²) in [7, 11) is -3.29. The molecule has 0 aromatic heterocycles. The molecule has 30 heavy (non-hydrogen) atoms. The molecular weight excluding hydrogens is 425 g/mol. The Hall–Kier alpha value is -1.69. The first-order chi connectivity index (χ1) is 14.3. The van der Waals surface area contributed by atoms with Crippen molar-refractivity contribution in [1.29, 1.82) is 0 Å². The highest BCUT2D eigenvalue weighted by Gasteiger charge is 2.25. The van der Waals surface area contributed by atoms with Gasteiger partial charge in [-0.1, -0.05) is 41.9 Å². The number of nitrogens with two attached hydrogens (primary N) is 1. The van der Waals surface area contributed by atoms with Gasteiger partial charge in [0.05, 0.1) is 26.0 Å². The van der Waals surface area contributed by atoms with Crippen LogP contribution in [0.5, 0.6) is 0 Å². The van der Waals surface area contributed by atoms with E-state index in [1.165, 1.54) is 0 Å². The molecule has 0 aliphatic heterocycles. The van der Waals surface area contributed by atoms with Gasteiger partial charge in [0.25, 0.3) is 0 Å². The van der Waals surface area contributed by atoms with Gasteiger partial charge in [0.15, 0.2) is 0 Å². The van der Waals surface area contributed by atoms with Crippen molar-refractivity contribution in [1.82, 2.24) is 0 Å². The molecule has 2 aromatic rings. The van der Waals surface area contributed by atoms with Crippen molar-refractivity contribution in [2.24, 2.45) is 5.73 Å². The molecule has 0 radical (unpaired) electrons. The molecule has 0 amide bonds. The van der Waals surface area contributed by atoms with Crippen LogP contribution in [0.25, 0.3) is 11.1 Å². The van der Waals surface area contributed by atoms with E-state index in [-0.39, 0.29) is 26.0 Å². The number of rotatable bonds is 11. The maximum Gasteiger partial charge on any atom is 0.335 e. The summed E-state index contributed by atoms with van der Waals surface area (Å²) in [5.41, 5.74) is 9.47. The first-order valence-electron chi connectivity index (χ1n) is 9.99. The van der Waals surface area contributed by atoms with Crippen LogP contribution in [0.4, 0.5) is 0 Å². The molecular formula is C22H29ClNO5P. The van der Waals surface area contributed by atoms with E-state index in [9.17, 15) is 9.36 Å². The van der Waals surface area contributed by atoms with Gasteiger partial charge in [0, 0.05) is 5.02 Å². The zero-order valence-electron chi connectivity index (χ0n) is 17.6. The molecule has 0 aliphatic rings. The normalized spacial score (nSPS) is 12.6. The molecule has 0 saturated carbocycles. The molecule has 1 atom stereocenters. The summed E-state index contributed by atoms with van der Waals surface area (Å²) >= 11 is 6.01. The fraction of sp³-hybridized carbons (Fsp3) is 0.409. The van der Waals surface area contributed by atoms with Gasteiger partial charge in [-0.2, -0.15) is 0 Å². The molecule has 0 spiro atoms. The molecule has 0 fully saturated rings. The number of carbonyl (C=O) groups is 1. The lowest BCUT2D eigenvalue weighted by Gasteiger charge is -2.19. The van der Waals surface area contributed by atoms with Crippen LogP contribution in [-0.2, 0) is 35.7 Å². The second-order valence-electron chi connectivity index (χ2n) is 6.71. The predicted molar refractivity (Wildman–Crippen MR) is 120 cm³/mol. The van der Waals surface area contributed by atoms with Gasteiger partial charge in [0.1, 0.15) is 6.04 Å². The van der Waals surface area contributed by atoms with Gasteiger partial charge >= 0.3 is 13.6 Å². The maximum atomic E-state index is 13.0. The van der Waals surface area contributed by atoms with Crippen molar-refractivity contribution in [3.63, 3.8) is 0 Å². The van der Waals surface area contributed by atoms with Crippen molar-refractivity contribution in [2.75, 3.05) is 19.8 Å². The summed E-state index contributed by atoms with van der Waals surface area (Å²) in [6.07, 6.45) is 0.415. The molecule has 0 saturated heterocycles. The van der Waals surface area contributed by atoms with Crippen LogP contribution < -0.4 is 5.73 Å². The van der Waals surface area contributed by atoms with Crippen LogP contribution in [0.15, 0.2) is 42.5 Å². The Morgan fingerprint density at radius 2 is 1.57 bits per heavy atom. The lowest BCUT2D eigenvalue weighted by molar-refractivity contribution is -0.144. The van der Waals surface area contributed by atoms with E-state index >= 15 is 0 Å². The SMILES string of the molecule is CCOC(=O)C(N)Cc1cc(CP(=O)(OCC)OCC)cc(-c2ccc(Cl)cc2)c1.